The zero-order chi connectivity index (χ0) is 16.1. The first-order valence-electron chi connectivity index (χ1n) is 6.43. The van der Waals surface area contributed by atoms with E-state index in [1.807, 2.05) is 31.2 Å². The molecular weight excluding hydrogens is 390 g/mol. The van der Waals surface area contributed by atoms with E-state index in [-0.39, 0.29) is 18.6 Å². The van der Waals surface area contributed by atoms with E-state index in [1.165, 1.54) is 0 Å². The third-order valence-electron chi connectivity index (χ3n) is 2.86. The van der Waals surface area contributed by atoms with Gasteiger partial charge in [0, 0.05) is 4.47 Å². The van der Waals surface area contributed by atoms with E-state index in [2.05, 4.69) is 21.2 Å². The van der Waals surface area contributed by atoms with E-state index in [9.17, 15) is 9.59 Å². The number of thiophene rings is 1. The van der Waals surface area contributed by atoms with Crippen LogP contribution in [0.4, 0.5) is 0 Å². The van der Waals surface area contributed by atoms with E-state index >= 15 is 0 Å². The molecule has 0 aliphatic carbocycles. The van der Waals surface area contributed by atoms with Crippen molar-refractivity contribution in [2.75, 3.05) is 6.61 Å². The summed E-state index contributed by atoms with van der Waals surface area (Å²) in [6.07, 6.45) is 0. The Balaban J connectivity index is 1.82. The first-order chi connectivity index (χ1) is 10.5. The number of ether oxygens (including phenoxy) is 1. The van der Waals surface area contributed by atoms with Crippen molar-refractivity contribution in [2.24, 2.45) is 0 Å². The second-order valence-corrected chi connectivity index (χ2v) is 7.15. The summed E-state index contributed by atoms with van der Waals surface area (Å²) in [6, 6.07) is 10.6. The van der Waals surface area contributed by atoms with Crippen molar-refractivity contribution in [1.29, 1.82) is 0 Å². The molecule has 22 heavy (non-hydrogen) atoms. The maximum absolute atomic E-state index is 11.8. The van der Waals surface area contributed by atoms with Crippen molar-refractivity contribution >= 4 is 50.7 Å². The van der Waals surface area contributed by atoms with Crippen LogP contribution in [0.5, 0.6) is 0 Å². The molecule has 0 saturated heterocycles. The number of hydrogen-bond donors (Lipinski definition) is 1. The predicted molar refractivity (Wildman–Crippen MR) is 90.3 cm³/mol. The van der Waals surface area contributed by atoms with Crippen LogP contribution in [-0.4, -0.2) is 18.5 Å². The highest BCUT2D eigenvalue weighted by Gasteiger charge is 2.14. The average molecular weight is 403 g/mol. The van der Waals surface area contributed by atoms with Crippen molar-refractivity contribution in [3.8, 4) is 0 Å². The molecule has 116 valence electrons. The highest BCUT2D eigenvalue weighted by molar-refractivity contribution is 9.10. The van der Waals surface area contributed by atoms with Gasteiger partial charge in [0.25, 0.3) is 5.91 Å². The van der Waals surface area contributed by atoms with Gasteiger partial charge in [0.05, 0.1) is 10.4 Å². The monoisotopic (exact) mass is 401 g/mol. The second-order valence-electron chi connectivity index (χ2n) is 4.52. The fourth-order valence-electron chi connectivity index (χ4n) is 1.74. The van der Waals surface area contributed by atoms with Crippen LogP contribution in [0.2, 0.25) is 4.34 Å². The summed E-state index contributed by atoms with van der Waals surface area (Å²) in [6.45, 7) is 1.54. The summed E-state index contributed by atoms with van der Waals surface area (Å²) in [5.41, 5.74) is 0.966. The van der Waals surface area contributed by atoms with E-state index in [0.29, 0.717) is 9.21 Å². The largest absolute Gasteiger partial charge is 0.451 e. The summed E-state index contributed by atoms with van der Waals surface area (Å²) in [4.78, 5) is 23.9. The van der Waals surface area contributed by atoms with Gasteiger partial charge in [-0.3, -0.25) is 4.79 Å². The fraction of sp³-hybridized carbons (Fsp3) is 0.200. The Kier molecular flexibility index (Phi) is 5.99. The minimum atomic E-state index is -0.552. The van der Waals surface area contributed by atoms with Gasteiger partial charge < -0.3 is 10.1 Å². The van der Waals surface area contributed by atoms with Gasteiger partial charge in [0.15, 0.2) is 6.61 Å². The number of halogens is 2. The Morgan fingerprint density at radius 2 is 1.95 bits per heavy atom. The van der Waals surface area contributed by atoms with Crippen LogP contribution in [0.15, 0.2) is 40.9 Å². The molecule has 0 bridgehead atoms. The van der Waals surface area contributed by atoms with Gasteiger partial charge in [-0.05, 0) is 36.8 Å². The normalized spacial score (nSPS) is 11.8. The third kappa shape index (κ3) is 4.83. The number of carbonyl (C=O) groups is 2. The molecule has 2 rings (SSSR count). The summed E-state index contributed by atoms with van der Waals surface area (Å²) in [7, 11) is 0. The molecule has 4 nitrogen and oxygen atoms in total. The highest BCUT2D eigenvalue weighted by Crippen LogP contribution is 2.22. The number of benzene rings is 1. The summed E-state index contributed by atoms with van der Waals surface area (Å²) < 4.78 is 6.42. The molecule has 1 N–H and O–H groups in total. The summed E-state index contributed by atoms with van der Waals surface area (Å²) in [5, 5.41) is 2.77. The molecule has 1 aromatic carbocycles. The Morgan fingerprint density at radius 1 is 1.27 bits per heavy atom. The lowest BCUT2D eigenvalue weighted by Gasteiger charge is -2.14. The molecule has 0 unspecified atom stereocenters. The number of carbonyl (C=O) groups excluding carboxylic acids is 2. The number of esters is 1. The van der Waals surface area contributed by atoms with Crippen molar-refractivity contribution < 1.29 is 14.3 Å². The zero-order valence-corrected chi connectivity index (χ0v) is 14.8. The van der Waals surface area contributed by atoms with Gasteiger partial charge in [-0.25, -0.2) is 4.79 Å². The summed E-state index contributed by atoms with van der Waals surface area (Å²) in [5.74, 6) is -0.908. The first kappa shape index (κ1) is 17.0. The van der Waals surface area contributed by atoms with Crippen LogP contribution in [0.1, 0.15) is 28.2 Å². The van der Waals surface area contributed by atoms with Crippen LogP contribution in [0.25, 0.3) is 0 Å². The van der Waals surface area contributed by atoms with Crippen molar-refractivity contribution in [3.05, 3.63) is 55.6 Å². The second kappa shape index (κ2) is 7.76. The molecule has 0 radical (unpaired) electrons. The number of nitrogens with one attached hydrogen (secondary N) is 1. The van der Waals surface area contributed by atoms with Gasteiger partial charge >= 0.3 is 5.97 Å². The van der Waals surface area contributed by atoms with E-state index < -0.39 is 5.97 Å². The molecule has 2 aromatic rings. The van der Waals surface area contributed by atoms with Gasteiger partial charge in [0.1, 0.15) is 4.88 Å². The van der Waals surface area contributed by atoms with Gasteiger partial charge in [-0.1, -0.05) is 39.7 Å². The van der Waals surface area contributed by atoms with Gasteiger partial charge in [-0.2, -0.15) is 0 Å². The van der Waals surface area contributed by atoms with E-state index in [0.717, 1.165) is 21.4 Å². The molecule has 0 aliphatic rings. The first-order valence-corrected chi connectivity index (χ1v) is 8.42. The molecule has 0 aliphatic heterocycles. The quantitative estimate of drug-likeness (QED) is 0.763. The van der Waals surface area contributed by atoms with Crippen LogP contribution in [-0.2, 0) is 9.53 Å². The van der Waals surface area contributed by atoms with E-state index in [4.69, 9.17) is 16.3 Å². The summed E-state index contributed by atoms with van der Waals surface area (Å²) >= 11 is 10.2. The molecule has 0 saturated carbocycles. The number of amides is 1. The maximum atomic E-state index is 11.8. The molecule has 1 aromatic heterocycles. The topological polar surface area (TPSA) is 55.4 Å². The van der Waals surface area contributed by atoms with Gasteiger partial charge in [-0.15, -0.1) is 11.3 Å². The Labute approximate surface area is 145 Å². The lowest BCUT2D eigenvalue weighted by atomic mass is 10.1. The number of rotatable bonds is 5. The molecule has 1 amide bonds. The predicted octanol–water partition coefficient (Wildman–Crippen LogP) is 4.20. The molecule has 1 heterocycles. The van der Waals surface area contributed by atoms with Crippen molar-refractivity contribution in [2.45, 2.75) is 13.0 Å². The van der Waals surface area contributed by atoms with Crippen molar-refractivity contribution in [3.63, 3.8) is 0 Å². The third-order valence-corrected chi connectivity index (χ3v) is 4.60. The molecular formula is C15H13BrClNO3S. The Morgan fingerprint density at radius 3 is 2.55 bits per heavy atom. The van der Waals surface area contributed by atoms with Crippen LogP contribution in [0, 0.1) is 0 Å². The molecule has 7 heteroatoms. The van der Waals surface area contributed by atoms with Crippen LogP contribution < -0.4 is 5.32 Å². The minimum absolute atomic E-state index is 0.171. The van der Waals surface area contributed by atoms with Crippen LogP contribution >= 0.6 is 38.9 Å². The number of hydrogen-bond acceptors (Lipinski definition) is 4. The smallest absolute Gasteiger partial charge is 0.348 e. The van der Waals surface area contributed by atoms with Gasteiger partial charge in [0.2, 0.25) is 0 Å². The maximum Gasteiger partial charge on any atom is 0.348 e. The fourth-order valence-corrected chi connectivity index (χ4v) is 2.95. The molecule has 1 atom stereocenters. The molecule has 0 spiro atoms. The zero-order valence-electron chi connectivity index (χ0n) is 11.6. The standard InChI is InChI=1S/C15H13BrClNO3S/c1-9(10-2-4-11(16)5-3-10)18-14(19)8-21-15(20)12-6-7-13(17)22-12/h2-7,9H,8H2,1H3,(H,18,19)/t9-/m1/s1. The SMILES string of the molecule is C[C@@H](NC(=O)COC(=O)c1ccc(Cl)s1)c1ccc(Br)cc1. The highest BCUT2D eigenvalue weighted by atomic mass is 79.9. The Hall–Kier alpha value is -1.37. The molecule has 0 fully saturated rings. The Bertz CT molecular complexity index is 672. The van der Waals surface area contributed by atoms with Crippen molar-refractivity contribution in [1.82, 2.24) is 5.32 Å². The minimum Gasteiger partial charge on any atom is -0.451 e. The lowest BCUT2D eigenvalue weighted by Crippen LogP contribution is -2.31. The average Bonchev–Trinajstić information content (AvgIpc) is 2.92. The van der Waals surface area contributed by atoms with E-state index in [1.54, 1.807) is 12.1 Å². The lowest BCUT2D eigenvalue weighted by molar-refractivity contribution is -0.124. The van der Waals surface area contributed by atoms with Crippen LogP contribution in [0.3, 0.4) is 0 Å².